The Morgan fingerprint density at radius 1 is 1.15 bits per heavy atom. The molecule has 0 aliphatic rings. The standard InChI is InChI=1S/C14H12F3NO2/c1-20-12-7-6-9(8-19)18-13(12)10-4-2-3-5-11(10)14(15,16)17/h2-7,19H,8H2,1H3. The van der Waals surface area contributed by atoms with Crippen LogP contribution in [0.5, 0.6) is 5.75 Å². The molecule has 6 heteroatoms. The van der Waals surface area contributed by atoms with Gasteiger partial charge in [-0.1, -0.05) is 18.2 Å². The van der Waals surface area contributed by atoms with Crippen molar-refractivity contribution in [2.24, 2.45) is 0 Å². The van der Waals surface area contributed by atoms with Gasteiger partial charge in [-0.15, -0.1) is 0 Å². The van der Waals surface area contributed by atoms with E-state index in [1.54, 1.807) is 0 Å². The molecule has 0 saturated heterocycles. The molecule has 1 aromatic heterocycles. The minimum absolute atomic E-state index is 0.0620. The van der Waals surface area contributed by atoms with Gasteiger partial charge in [-0.25, -0.2) is 4.98 Å². The summed E-state index contributed by atoms with van der Waals surface area (Å²) in [7, 11) is 1.36. The van der Waals surface area contributed by atoms with Crippen LogP contribution in [0.15, 0.2) is 36.4 Å². The van der Waals surface area contributed by atoms with Crippen LogP contribution in [0.3, 0.4) is 0 Å². The molecule has 0 atom stereocenters. The average molecular weight is 283 g/mol. The van der Waals surface area contributed by atoms with E-state index < -0.39 is 11.7 Å². The summed E-state index contributed by atoms with van der Waals surface area (Å²) >= 11 is 0. The first kappa shape index (κ1) is 14.3. The first-order valence-electron chi connectivity index (χ1n) is 5.78. The summed E-state index contributed by atoms with van der Waals surface area (Å²) in [6.07, 6.45) is -4.49. The smallest absolute Gasteiger partial charge is 0.417 e. The Bertz CT molecular complexity index is 612. The maximum Gasteiger partial charge on any atom is 0.417 e. The molecule has 1 N–H and O–H groups in total. The van der Waals surface area contributed by atoms with Gasteiger partial charge in [0.25, 0.3) is 0 Å². The number of aliphatic hydroxyl groups is 1. The van der Waals surface area contributed by atoms with Crippen LogP contribution in [-0.4, -0.2) is 17.2 Å². The number of hydrogen-bond donors (Lipinski definition) is 1. The Hall–Kier alpha value is -2.08. The van der Waals surface area contributed by atoms with Gasteiger partial charge in [-0.2, -0.15) is 13.2 Å². The van der Waals surface area contributed by atoms with Gasteiger partial charge in [-0.3, -0.25) is 0 Å². The molecule has 0 fully saturated rings. The van der Waals surface area contributed by atoms with Crippen LogP contribution in [0.4, 0.5) is 13.2 Å². The summed E-state index contributed by atoms with van der Waals surface area (Å²) in [4.78, 5) is 4.03. The third-order valence-electron chi connectivity index (χ3n) is 2.79. The molecular formula is C14H12F3NO2. The van der Waals surface area contributed by atoms with E-state index in [-0.39, 0.29) is 29.3 Å². The molecule has 0 spiro atoms. The maximum absolute atomic E-state index is 13.0. The van der Waals surface area contributed by atoms with Crippen LogP contribution in [0.2, 0.25) is 0 Å². The van der Waals surface area contributed by atoms with E-state index in [0.717, 1.165) is 6.07 Å². The largest absolute Gasteiger partial charge is 0.494 e. The monoisotopic (exact) mass is 283 g/mol. The number of halogens is 3. The minimum Gasteiger partial charge on any atom is -0.494 e. The number of nitrogens with zero attached hydrogens (tertiary/aromatic N) is 1. The molecule has 3 nitrogen and oxygen atoms in total. The van der Waals surface area contributed by atoms with E-state index in [0.29, 0.717) is 0 Å². The van der Waals surface area contributed by atoms with Crippen molar-refractivity contribution in [3.8, 4) is 17.0 Å². The van der Waals surface area contributed by atoms with E-state index in [1.165, 1.54) is 37.4 Å². The molecule has 0 aliphatic heterocycles. The van der Waals surface area contributed by atoms with Crippen LogP contribution in [0, 0.1) is 0 Å². The van der Waals surface area contributed by atoms with E-state index in [1.807, 2.05) is 0 Å². The summed E-state index contributed by atoms with van der Waals surface area (Å²) in [5.74, 6) is 0.221. The number of ether oxygens (including phenoxy) is 1. The predicted octanol–water partition coefficient (Wildman–Crippen LogP) is 3.27. The van der Waals surface area contributed by atoms with Crippen LogP contribution in [-0.2, 0) is 12.8 Å². The summed E-state index contributed by atoms with van der Waals surface area (Å²) < 4.78 is 44.2. The van der Waals surface area contributed by atoms with Crippen LogP contribution < -0.4 is 4.74 Å². The van der Waals surface area contributed by atoms with Crippen LogP contribution >= 0.6 is 0 Å². The Morgan fingerprint density at radius 2 is 1.85 bits per heavy atom. The van der Waals surface area contributed by atoms with Gasteiger partial charge < -0.3 is 9.84 Å². The van der Waals surface area contributed by atoms with Gasteiger partial charge in [0.2, 0.25) is 0 Å². The molecule has 1 aromatic carbocycles. The SMILES string of the molecule is COc1ccc(CO)nc1-c1ccccc1C(F)(F)F. The lowest BCUT2D eigenvalue weighted by Gasteiger charge is -2.15. The topological polar surface area (TPSA) is 42.4 Å². The second-order valence-corrected chi connectivity index (χ2v) is 4.05. The highest BCUT2D eigenvalue weighted by molar-refractivity contribution is 5.70. The van der Waals surface area contributed by atoms with Crippen molar-refractivity contribution in [1.29, 1.82) is 0 Å². The normalized spacial score (nSPS) is 11.4. The van der Waals surface area contributed by atoms with Gasteiger partial charge in [-0.05, 0) is 18.2 Å². The fourth-order valence-corrected chi connectivity index (χ4v) is 1.87. The Labute approximate surface area is 113 Å². The molecule has 20 heavy (non-hydrogen) atoms. The maximum atomic E-state index is 13.0. The molecule has 0 unspecified atom stereocenters. The molecule has 0 amide bonds. The zero-order chi connectivity index (χ0) is 14.8. The van der Waals surface area contributed by atoms with Gasteiger partial charge in [0.05, 0.1) is 25.0 Å². The summed E-state index contributed by atoms with van der Waals surface area (Å²) in [5, 5.41) is 9.08. The van der Waals surface area contributed by atoms with Crippen molar-refractivity contribution in [2.45, 2.75) is 12.8 Å². The summed E-state index contributed by atoms with van der Waals surface area (Å²) in [6.45, 7) is -0.356. The van der Waals surface area contributed by atoms with Crippen molar-refractivity contribution in [1.82, 2.24) is 4.98 Å². The van der Waals surface area contributed by atoms with E-state index >= 15 is 0 Å². The average Bonchev–Trinajstić information content (AvgIpc) is 2.45. The highest BCUT2D eigenvalue weighted by Gasteiger charge is 2.34. The molecule has 2 rings (SSSR count). The van der Waals surface area contributed by atoms with E-state index in [4.69, 9.17) is 9.84 Å². The fourth-order valence-electron chi connectivity index (χ4n) is 1.87. The van der Waals surface area contributed by atoms with Crippen LogP contribution in [0.1, 0.15) is 11.3 Å². The van der Waals surface area contributed by atoms with Gasteiger partial charge in [0.15, 0.2) is 0 Å². The van der Waals surface area contributed by atoms with Gasteiger partial charge >= 0.3 is 6.18 Å². The Morgan fingerprint density at radius 3 is 2.45 bits per heavy atom. The highest BCUT2D eigenvalue weighted by atomic mass is 19.4. The van der Waals surface area contributed by atoms with Gasteiger partial charge in [0, 0.05) is 5.56 Å². The molecule has 0 bridgehead atoms. The molecule has 0 radical (unpaired) electrons. The van der Waals surface area contributed by atoms with Crippen molar-refractivity contribution >= 4 is 0 Å². The third kappa shape index (κ3) is 2.75. The first-order chi connectivity index (χ1) is 9.47. The number of pyridine rings is 1. The molecule has 0 aliphatic carbocycles. The first-order valence-corrected chi connectivity index (χ1v) is 5.78. The Kier molecular flexibility index (Phi) is 3.94. The van der Waals surface area contributed by atoms with E-state index in [9.17, 15) is 13.2 Å². The highest BCUT2D eigenvalue weighted by Crippen LogP contribution is 2.39. The van der Waals surface area contributed by atoms with Gasteiger partial charge in [0.1, 0.15) is 11.4 Å². The lowest BCUT2D eigenvalue weighted by Crippen LogP contribution is -2.08. The number of aliphatic hydroxyl groups excluding tert-OH is 1. The molecule has 106 valence electrons. The van der Waals surface area contributed by atoms with Crippen LogP contribution in [0.25, 0.3) is 11.3 Å². The fraction of sp³-hybridized carbons (Fsp3) is 0.214. The van der Waals surface area contributed by atoms with Crippen molar-refractivity contribution in [3.63, 3.8) is 0 Å². The van der Waals surface area contributed by atoms with E-state index in [2.05, 4.69) is 4.98 Å². The van der Waals surface area contributed by atoms with Crippen molar-refractivity contribution in [3.05, 3.63) is 47.7 Å². The number of hydrogen-bond acceptors (Lipinski definition) is 3. The summed E-state index contributed by atoms with van der Waals surface area (Å²) in [5.41, 5.74) is -0.530. The molecule has 1 heterocycles. The second kappa shape index (κ2) is 5.50. The number of rotatable bonds is 3. The zero-order valence-corrected chi connectivity index (χ0v) is 10.6. The second-order valence-electron chi connectivity index (χ2n) is 4.05. The molecule has 2 aromatic rings. The van der Waals surface area contributed by atoms with Crippen molar-refractivity contribution in [2.75, 3.05) is 7.11 Å². The molecular weight excluding hydrogens is 271 g/mol. The predicted molar refractivity (Wildman–Crippen MR) is 67.1 cm³/mol. The zero-order valence-electron chi connectivity index (χ0n) is 10.6. The minimum atomic E-state index is -4.49. The Balaban J connectivity index is 2.68. The lowest BCUT2D eigenvalue weighted by atomic mass is 10.0. The number of methoxy groups -OCH3 is 1. The number of aromatic nitrogens is 1. The van der Waals surface area contributed by atoms with Crippen molar-refractivity contribution < 1.29 is 23.0 Å². The number of alkyl halides is 3. The lowest BCUT2D eigenvalue weighted by molar-refractivity contribution is -0.137. The molecule has 0 saturated carbocycles. The third-order valence-corrected chi connectivity index (χ3v) is 2.79. The quantitative estimate of drug-likeness (QED) is 0.940. The number of benzene rings is 1. The summed E-state index contributed by atoms with van der Waals surface area (Å²) in [6, 6.07) is 8.11.